The SMILES string of the molecule is COc1ccc(C(Br)c2ccccc2I)c2ccccc12. The zero-order chi connectivity index (χ0) is 14.8. The van der Waals surface area contributed by atoms with E-state index in [1.54, 1.807) is 7.11 Å². The topological polar surface area (TPSA) is 9.23 Å². The van der Waals surface area contributed by atoms with E-state index < -0.39 is 0 Å². The number of hydrogen-bond donors (Lipinski definition) is 0. The number of alkyl halides is 1. The summed E-state index contributed by atoms with van der Waals surface area (Å²) in [5.41, 5.74) is 2.55. The van der Waals surface area contributed by atoms with E-state index in [2.05, 4.69) is 87.1 Å². The lowest BCUT2D eigenvalue weighted by atomic mass is 9.98. The fraction of sp³-hybridized carbons (Fsp3) is 0.111. The van der Waals surface area contributed by atoms with Crippen molar-refractivity contribution in [3.63, 3.8) is 0 Å². The van der Waals surface area contributed by atoms with Crippen molar-refractivity contribution >= 4 is 49.3 Å². The highest BCUT2D eigenvalue weighted by molar-refractivity contribution is 14.1. The van der Waals surface area contributed by atoms with Gasteiger partial charge in [-0.15, -0.1) is 0 Å². The van der Waals surface area contributed by atoms with E-state index in [4.69, 9.17) is 4.74 Å². The van der Waals surface area contributed by atoms with Crippen LogP contribution in [0.15, 0.2) is 60.7 Å². The predicted octanol–water partition coefficient (Wildman–Crippen LogP) is 5.94. The Morgan fingerprint density at radius 2 is 1.52 bits per heavy atom. The van der Waals surface area contributed by atoms with E-state index in [1.165, 1.54) is 20.1 Å². The summed E-state index contributed by atoms with van der Waals surface area (Å²) in [6, 6.07) is 21.0. The average Bonchev–Trinajstić information content (AvgIpc) is 2.53. The smallest absolute Gasteiger partial charge is 0.126 e. The molecule has 0 aliphatic carbocycles. The van der Waals surface area contributed by atoms with Crippen molar-refractivity contribution in [2.75, 3.05) is 7.11 Å². The van der Waals surface area contributed by atoms with Crippen LogP contribution in [0.2, 0.25) is 0 Å². The van der Waals surface area contributed by atoms with E-state index in [0.717, 1.165) is 11.1 Å². The highest BCUT2D eigenvalue weighted by Gasteiger charge is 2.17. The van der Waals surface area contributed by atoms with Crippen LogP contribution in [0.5, 0.6) is 5.75 Å². The van der Waals surface area contributed by atoms with Crippen molar-refractivity contribution in [3.05, 3.63) is 75.4 Å². The summed E-state index contributed by atoms with van der Waals surface area (Å²) in [5.74, 6) is 0.914. The molecule has 0 radical (unpaired) electrons. The predicted molar refractivity (Wildman–Crippen MR) is 100 cm³/mol. The molecule has 0 saturated heterocycles. The first-order valence-electron chi connectivity index (χ1n) is 6.66. The molecule has 0 aromatic heterocycles. The third kappa shape index (κ3) is 2.81. The summed E-state index contributed by atoms with van der Waals surface area (Å²) in [5, 5.41) is 2.37. The minimum atomic E-state index is 0.168. The average molecular weight is 453 g/mol. The van der Waals surface area contributed by atoms with Gasteiger partial charge in [-0.25, -0.2) is 0 Å². The Hall–Kier alpha value is -1.07. The molecule has 3 rings (SSSR count). The quantitative estimate of drug-likeness (QED) is 0.353. The van der Waals surface area contributed by atoms with Gasteiger partial charge in [0, 0.05) is 8.96 Å². The number of benzene rings is 3. The molecular weight excluding hydrogens is 439 g/mol. The van der Waals surface area contributed by atoms with Gasteiger partial charge in [0.05, 0.1) is 11.9 Å². The second-order valence-electron chi connectivity index (χ2n) is 4.79. The fourth-order valence-electron chi connectivity index (χ4n) is 2.54. The number of halogens is 2. The van der Waals surface area contributed by atoms with Crippen molar-refractivity contribution in [1.82, 2.24) is 0 Å². The van der Waals surface area contributed by atoms with Gasteiger partial charge in [-0.3, -0.25) is 0 Å². The van der Waals surface area contributed by atoms with Gasteiger partial charge < -0.3 is 4.74 Å². The van der Waals surface area contributed by atoms with Crippen molar-refractivity contribution in [3.8, 4) is 5.75 Å². The molecule has 21 heavy (non-hydrogen) atoms. The van der Waals surface area contributed by atoms with Crippen LogP contribution in [0, 0.1) is 3.57 Å². The van der Waals surface area contributed by atoms with Crippen LogP contribution in [-0.4, -0.2) is 7.11 Å². The summed E-state index contributed by atoms with van der Waals surface area (Å²) in [6.07, 6.45) is 0. The molecule has 0 N–H and O–H groups in total. The summed E-state index contributed by atoms with van der Waals surface area (Å²) >= 11 is 6.25. The van der Waals surface area contributed by atoms with Gasteiger partial charge >= 0.3 is 0 Å². The van der Waals surface area contributed by atoms with Crippen LogP contribution < -0.4 is 4.74 Å². The van der Waals surface area contributed by atoms with Crippen LogP contribution in [0.4, 0.5) is 0 Å². The minimum Gasteiger partial charge on any atom is -0.496 e. The first-order chi connectivity index (χ1) is 10.2. The Labute approximate surface area is 146 Å². The lowest BCUT2D eigenvalue weighted by molar-refractivity contribution is 0.419. The van der Waals surface area contributed by atoms with Crippen molar-refractivity contribution in [2.45, 2.75) is 4.83 Å². The van der Waals surface area contributed by atoms with Crippen LogP contribution in [0.25, 0.3) is 10.8 Å². The van der Waals surface area contributed by atoms with E-state index in [-0.39, 0.29) is 4.83 Å². The zero-order valence-corrected chi connectivity index (χ0v) is 15.3. The molecule has 1 atom stereocenters. The Morgan fingerprint density at radius 3 is 2.24 bits per heavy atom. The molecule has 3 heteroatoms. The summed E-state index contributed by atoms with van der Waals surface area (Å²) in [4.78, 5) is 0.168. The molecule has 0 saturated carbocycles. The second-order valence-corrected chi connectivity index (χ2v) is 6.86. The highest BCUT2D eigenvalue weighted by atomic mass is 127. The van der Waals surface area contributed by atoms with E-state index in [9.17, 15) is 0 Å². The lowest BCUT2D eigenvalue weighted by Crippen LogP contribution is -1.97. The molecule has 1 unspecified atom stereocenters. The third-order valence-corrected chi connectivity index (χ3v) is 5.56. The fourth-order valence-corrected chi connectivity index (χ4v) is 4.47. The zero-order valence-electron chi connectivity index (χ0n) is 11.5. The number of ether oxygens (including phenoxy) is 1. The molecule has 0 bridgehead atoms. The largest absolute Gasteiger partial charge is 0.496 e. The summed E-state index contributed by atoms with van der Waals surface area (Å²) in [6.45, 7) is 0. The standard InChI is InChI=1S/C18H14BrIO/c1-21-17-11-10-14(12-6-2-3-7-13(12)17)18(19)15-8-4-5-9-16(15)20/h2-11,18H,1H3. The van der Waals surface area contributed by atoms with E-state index in [1.807, 2.05) is 12.1 Å². The Bertz CT molecular complexity index is 785. The van der Waals surface area contributed by atoms with Gasteiger partial charge in [-0.1, -0.05) is 64.5 Å². The molecule has 0 fully saturated rings. The van der Waals surface area contributed by atoms with Gasteiger partial charge in [0.2, 0.25) is 0 Å². The number of hydrogen-bond acceptors (Lipinski definition) is 1. The van der Waals surface area contributed by atoms with Crippen LogP contribution in [0.3, 0.4) is 0 Å². The number of fused-ring (bicyclic) bond motifs is 1. The maximum atomic E-state index is 5.47. The molecule has 0 amide bonds. The Morgan fingerprint density at radius 1 is 0.857 bits per heavy atom. The van der Waals surface area contributed by atoms with E-state index in [0.29, 0.717) is 0 Å². The molecule has 0 aliphatic heterocycles. The number of rotatable bonds is 3. The molecule has 106 valence electrons. The van der Waals surface area contributed by atoms with Crippen molar-refractivity contribution in [2.24, 2.45) is 0 Å². The van der Waals surface area contributed by atoms with Crippen LogP contribution in [-0.2, 0) is 0 Å². The van der Waals surface area contributed by atoms with Gasteiger partial charge in [0.25, 0.3) is 0 Å². The molecule has 3 aromatic rings. The highest BCUT2D eigenvalue weighted by Crippen LogP contribution is 2.39. The van der Waals surface area contributed by atoms with Crippen LogP contribution in [0.1, 0.15) is 16.0 Å². The monoisotopic (exact) mass is 452 g/mol. The summed E-state index contributed by atoms with van der Waals surface area (Å²) in [7, 11) is 1.72. The molecule has 0 spiro atoms. The Balaban J connectivity index is 2.19. The molecule has 0 aliphatic rings. The Kier molecular flexibility index (Phi) is 4.50. The van der Waals surface area contributed by atoms with Crippen LogP contribution >= 0.6 is 38.5 Å². The van der Waals surface area contributed by atoms with Gasteiger partial charge in [-0.2, -0.15) is 0 Å². The first-order valence-corrected chi connectivity index (χ1v) is 8.66. The van der Waals surface area contributed by atoms with E-state index >= 15 is 0 Å². The number of methoxy groups -OCH3 is 1. The van der Waals surface area contributed by atoms with Crippen molar-refractivity contribution < 1.29 is 4.74 Å². The van der Waals surface area contributed by atoms with Gasteiger partial charge in [0.15, 0.2) is 0 Å². The molecule has 1 nitrogen and oxygen atoms in total. The van der Waals surface area contributed by atoms with Gasteiger partial charge in [0.1, 0.15) is 5.75 Å². The van der Waals surface area contributed by atoms with Crippen molar-refractivity contribution in [1.29, 1.82) is 0 Å². The normalized spacial score (nSPS) is 12.3. The lowest BCUT2D eigenvalue weighted by Gasteiger charge is -2.16. The first kappa shape index (κ1) is 14.9. The summed E-state index contributed by atoms with van der Waals surface area (Å²) < 4.78 is 6.74. The molecule has 3 aromatic carbocycles. The maximum Gasteiger partial charge on any atom is 0.126 e. The third-order valence-electron chi connectivity index (χ3n) is 3.59. The molecule has 0 heterocycles. The van der Waals surface area contributed by atoms with Gasteiger partial charge in [-0.05, 0) is 51.2 Å². The minimum absolute atomic E-state index is 0.168. The maximum absolute atomic E-state index is 5.47. The second kappa shape index (κ2) is 6.36. The molecular formula is C18H14BrIO.